The van der Waals surface area contributed by atoms with Crippen LogP contribution in [0.25, 0.3) is 0 Å². The molecule has 0 aliphatic carbocycles. The Balaban J connectivity index is 1.63. The number of carbonyl (C=O) groups is 1. The standard InChI is InChI=1S/C20H21N3O2S2/c1-13(2)27-17-6-4-5-15(12-17)19(24)21-20-23-22-18(25-20)11-14-7-9-16(26-3)10-8-14/h4-10,12-13H,11H2,1-3H3,(H,21,23,24). The number of nitrogens with zero attached hydrogens (tertiary/aromatic N) is 2. The molecule has 0 bridgehead atoms. The second kappa shape index (κ2) is 9.10. The molecule has 0 radical (unpaired) electrons. The average molecular weight is 400 g/mol. The van der Waals surface area contributed by atoms with Gasteiger partial charge in [0.25, 0.3) is 5.91 Å². The van der Waals surface area contributed by atoms with Crippen molar-refractivity contribution in [2.75, 3.05) is 11.6 Å². The minimum Gasteiger partial charge on any atom is -0.407 e. The zero-order valence-electron chi connectivity index (χ0n) is 15.4. The molecule has 0 saturated carbocycles. The third-order valence-electron chi connectivity index (χ3n) is 3.67. The lowest BCUT2D eigenvalue weighted by atomic mass is 10.1. The fraction of sp³-hybridized carbons (Fsp3) is 0.250. The van der Waals surface area contributed by atoms with Crippen molar-refractivity contribution in [3.8, 4) is 0 Å². The Labute approximate surface area is 167 Å². The Kier molecular flexibility index (Phi) is 6.58. The largest absolute Gasteiger partial charge is 0.407 e. The Morgan fingerprint density at radius 2 is 1.89 bits per heavy atom. The summed E-state index contributed by atoms with van der Waals surface area (Å²) in [7, 11) is 0. The van der Waals surface area contributed by atoms with Crippen LogP contribution < -0.4 is 5.32 Å². The molecular weight excluding hydrogens is 378 g/mol. The molecule has 0 fully saturated rings. The predicted molar refractivity (Wildman–Crippen MR) is 111 cm³/mol. The second-order valence-corrected chi connectivity index (χ2v) is 8.70. The van der Waals surface area contributed by atoms with E-state index in [1.807, 2.05) is 36.6 Å². The van der Waals surface area contributed by atoms with E-state index in [0.29, 0.717) is 23.1 Å². The van der Waals surface area contributed by atoms with Gasteiger partial charge in [0, 0.05) is 20.6 Å². The van der Waals surface area contributed by atoms with E-state index in [0.717, 1.165) is 10.5 Å². The van der Waals surface area contributed by atoms with Gasteiger partial charge in [0.05, 0.1) is 6.42 Å². The highest BCUT2D eigenvalue weighted by Crippen LogP contribution is 2.24. The van der Waals surface area contributed by atoms with Crippen LogP contribution in [0, 0.1) is 0 Å². The van der Waals surface area contributed by atoms with E-state index < -0.39 is 0 Å². The summed E-state index contributed by atoms with van der Waals surface area (Å²) >= 11 is 3.41. The minimum atomic E-state index is -0.263. The molecule has 2 aromatic carbocycles. The first-order chi connectivity index (χ1) is 13.0. The van der Waals surface area contributed by atoms with Crippen LogP contribution in [-0.4, -0.2) is 27.6 Å². The van der Waals surface area contributed by atoms with Gasteiger partial charge in [-0.15, -0.1) is 28.6 Å². The van der Waals surface area contributed by atoms with Crippen LogP contribution in [0.15, 0.2) is 62.7 Å². The van der Waals surface area contributed by atoms with Crippen LogP contribution in [0.2, 0.25) is 0 Å². The first-order valence-corrected chi connectivity index (χ1v) is 10.7. The zero-order valence-corrected chi connectivity index (χ0v) is 17.1. The number of benzene rings is 2. The predicted octanol–water partition coefficient (Wildman–Crippen LogP) is 5.14. The van der Waals surface area contributed by atoms with Crippen LogP contribution in [0.1, 0.15) is 35.7 Å². The zero-order chi connectivity index (χ0) is 19.2. The van der Waals surface area contributed by atoms with Crippen molar-refractivity contribution in [1.29, 1.82) is 0 Å². The number of nitrogens with one attached hydrogen (secondary N) is 1. The summed E-state index contributed by atoms with van der Waals surface area (Å²) in [5.74, 6) is 0.201. The van der Waals surface area contributed by atoms with Gasteiger partial charge in [0.2, 0.25) is 5.89 Å². The van der Waals surface area contributed by atoms with Crippen LogP contribution in [0.3, 0.4) is 0 Å². The maximum absolute atomic E-state index is 12.4. The number of thioether (sulfide) groups is 2. The topological polar surface area (TPSA) is 68.0 Å². The summed E-state index contributed by atoms with van der Waals surface area (Å²) in [5.41, 5.74) is 1.64. The number of hydrogen-bond acceptors (Lipinski definition) is 6. The fourth-order valence-electron chi connectivity index (χ4n) is 2.45. The lowest BCUT2D eigenvalue weighted by molar-refractivity contribution is 0.102. The van der Waals surface area contributed by atoms with Crippen molar-refractivity contribution in [2.24, 2.45) is 0 Å². The van der Waals surface area contributed by atoms with Crippen molar-refractivity contribution in [1.82, 2.24) is 10.2 Å². The quantitative estimate of drug-likeness (QED) is 0.555. The molecule has 3 rings (SSSR count). The SMILES string of the molecule is CSc1ccc(Cc2nnc(NC(=O)c3cccc(SC(C)C)c3)o2)cc1. The summed E-state index contributed by atoms with van der Waals surface area (Å²) in [5, 5.41) is 11.1. The van der Waals surface area contributed by atoms with Crippen LogP contribution in [0.5, 0.6) is 0 Å². The third-order valence-corrected chi connectivity index (χ3v) is 5.41. The van der Waals surface area contributed by atoms with E-state index in [1.165, 1.54) is 4.90 Å². The molecule has 3 aromatic rings. The molecule has 1 heterocycles. The van der Waals surface area contributed by atoms with Gasteiger partial charge < -0.3 is 4.42 Å². The third kappa shape index (κ3) is 5.61. The molecule has 5 nitrogen and oxygen atoms in total. The van der Waals surface area contributed by atoms with Crippen LogP contribution in [-0.2, 0) is 6.42 Å². The molecule has 1 aromatic heterocycles. The fourth-order valence-corrected chi connectivity index (χ4v) is 3.75. The molecular formula is C20H21N3O2S2. The first-order valence-electron chi connectivity index (χ1n) is 8.57. The van der Waals surface area contributed by atoms with Crippen molar-refractivity contribution in [2.45, 2.75) is 35.3 Å². The number of aromatic nitrogens is 2. The molecule has 0 unspecified atom stereocenters. The molecule has 0 spiro atoms. The maximum Gasteiger partial charge on any atom is 0.322 e. The second-order valence-electron chi connectivity index (χ2n) is 6.17. The molecule has 0 atom stereocenters. The van der Waals surface area contributed by atoms with Gasteiger partial charge in [-0.3, -0.25) is 10.1 Å². The van der Waals surface area contributed by atoms with E-state index in [2.05, 4.69) is 41.5 Å². The van der Waals surface area contributed by atoms with Gasteiger partial charge in [0.1, 0.15) is 0 Å². The van der Waals surface area contributed by atoms with Crippen molar-refractivity contribution < 1.29 is 9.21 Å². The lowest BCUT2D eigenvalue weighted by Crippen LogP contribution is -2.12. The van der Waals surface area contributed by atoms with Crippen molar-refractivity contribution in [3.63, 3.8) is 0 Å². The average Bonchev–Trinajstić information content (AvgIpc) is 3.09. The van der Waals surface area contributed by atoms with Gasteiger partial charge in [0.15, 0.2) is 0 Å². The molecule has 0 aliphatic rings. The lowest BCUT2D eigenvalue weighted by Gasteiger charge is -2.06. The van der Waals surface area contributed by atoms with Gasteiger partial charge in [-0.05, 0) is 42.2 Å². The first kappa shape index (κ1) is 19.5. The van der Waals surface area contributed by atoms with Crippen LogP contribution >= 0.6 is 23.5 Å². The maximum atomic E-state index is 12.4. The van der Waals surface area contributed by atoms with E-state index >= 15 is 0 Å². The summed E-state index contributed by atoms with van der Waals surface area (Å²) < 4.78 is 5.57. The molecule has 1 amide bonds. The summed E-state index contributed by atoms with van der Waals surface area (Å²) in [6, 6.07) is 15.8. The molecule has 0 saturated heterocycles. The summed E-state index contributed by atoms with van der Waals surface area (Å²) in [4.78, 5) is 14.7. The van der Waals surface area contributed by atoms with E-state index in [1.54, 1.807) is 29.6 Å². The van der Waals surface area contributed by atoms with Crippen LogP contribution in [0.4, 0.5) is 6.01 Å². The number of anilines is 1. The highest BCUT2D eigenvalue weighted by atomic mass is 32.2. The Bertz CT molecular complexity index is 908. The van der Waals surface area contributed by atoms with Gasteiger partial charge in [-0.1, -0.05) is 37.1 Å². The summed E-state index contributed by atoms with van der Waals surface area (Å²) in [6.45, 7) is 4.23. The molecule has 27 heavy (non-hydrogen) atoms. The highest BCUT2D eigenvalue weighted by molar-refractivity contribution is 8.00. The number of carbonyl (C=O) groups excluding carboxylic acids is 1. The molecule has 140 valence electrons. The Morgan fingerprint density at radius 1 is 1.11 bits per heavy atom. The molecule has 1 N–H and O–H groups in total. The Morgan fingerprint density at radius 3 is 2.59 bits per heavy atom. The van der Waals surface area contributed by atoms with E-state index in [-0.39, 0.29) is 11.9 Å². The molecule has 0 aliphatic heterocycles. The smallest absolute Gasteiger partial charge is 0.322 e. The minimum absolute atomic E-state index is 0.109. The van der Waals surface area contributed by atoms with E-state index in [4.69, 9.17) is 4.42 Å². The normalized spacial score (nSPS) is 11.0. The number of rotatable bonds is 7. The van der Waals surface area contributed by atoms with Gasteiger partial charge in [-0.25, -0.2) is 0 Å². The van der Waals surface area contributed by atoms with Crippen molar-refractivity contribution in [3.05, 3.63) is 65.5 Å². The van der Waals surface area contributed by atoms with Crippen molar-refractivity contribution >= 4 is 35.4 Å². The molecule has 7 heteroatoms. The van der Waals surface area contributed by atoms with E-state index in [9.17, 15) is 4.79 Å². The van der Waals surface area contributed by atoms with Gasteiger partial charge >= 0.3 is 6.01 Å². The highest BCUT2D eigenvalue weighted by Gasteiger charge is 2.13. The number of hydrogen-bond donors (Lipinski definition) is 1. The summed E-state index contributed by atoms with van der Waals surface area (Å²) in [6.07, 6.45) is 2.57. The van der Waals surface area contributed by atoms with Gasteiger partial charge in [-0.2, -0.15) is 0 Å². The monoisotopic (exact) mass is 399 g/mol. The Hall–Kier alpha value is -2.25. The number of amides is 1.